The molecule has 0 saturated heterocycles. The van der Waals surface area contributed by atoms with Gasteiger partial charge in [-0.05, 0) is 30.7 Å². The number of anilines is 1. The molecule has 20 heavy (non-hydrogen) atoms. The van der Waals surface area contributed by atoms with Crippen LogP contribution in [-0.4, -0.2) is 19.2 Å². The summed E-state index contributed by atoms with van der Waals surface area (Å²) < 4.78 is 10.6. The number of hydrogen-bond acceptors (Lipinski definition) is 3. The predicted octanol–water partition coefficient (Wildman–Crippen LogP) is 3.01. The molecule has 0 saturated carbocycles. The van der Waals surface area contributed by atoms with Crippen molar-refractivity contribution in [2.75, 3.05) is 18.5 Å². The Morgan fingerprint density at radius 1 is 1.15 bits per heavy atom. The molecule has 106 valence electrons. The van der Waals surface area contributed by atoms with E-state index in [0.717, 1.165) is 17.9 Å². The van der Waals surface area contributed by atoms with E-state index in [4.69, 9.17) is 9.15 Å². The van der Waals surface area contributed by atoms with Gasteiger partial charge in [0.25, 0.3) is 0 Å². The average molecular weight is 274 g/mol. The highest BCUT2D eigenvalue weighted by Gasteiger charge is 2.00. The van der Waals surface area contributed by atoms with Crippen molar-refractivity contribution in [1.82, 2.24) is 5.32 Å². The first-order chi connectivity index (χ1) is 9.84. The van der Waals surface area contributed by atoms with Gasteiger partial charge in [0, 0.05) is 18.8 Å². The quantitative estimate of drug-likeness (QED) is 0.763. The van der Waals surface area contributed by atoms with Gasteiger partial charge in [-0.3, -0.25) is 0 Å². The van der Waals surface area contributed by atoms with Crippen LogP contribution >= 0.6 is 0 Å². The zero-order valence-electron chi connectivity index (χ0n) is 11.2. The molecule has 0 unspecified atom stereocenters. The largest absolute Gasteiger partial charge is 0.467 e. The van der Waals surface area contributed by atoms with Crippen LogP contribution in [0.1, 0.15) is 12.2 Å². The van der Waals surface area contributed by atoms with Crippen molar-refractivity contribution in [3.05, 3.63) is 54.5 Å². The smallest absolute Gasteiger partial charge is 0.319 e. The Labute approximate surface area is 117 Å². The van der Waals surface area contributed by atoms with Gasteiger partial charge >= 0.3 is 6.03 Å². The van der Waals surface area contributed by atoms with E-state index < -0.39 is 0 Å². The molecule has 0 fully saturated rings. The van der Waals surface area contributed by atoms with Crippen LogP contribution in [-0.2, 0) is 11.3 Å². The van der Waals surface area contributed by atoms with E-state index in [1.807, 2.05) is 42.5 Å². The molecule has 2 N–H and O–H groups in total. The second-order valence-corrected chi connectivity index (χ2v) is 4.23. The van der Waals surface area contributed by atoms with Crippen molar-refractivity contribution >= 4 is 11.7 Å². The topological polar surface area (TPSA) is 63.5 Å². The molecule has 5 nitrogen and oxygen atoms in total. The van der Waals surface area contributed by atoms with E-state index in [9.17, 15) is 4.79 Å². The molecule has 5 heteroatoms. The molecule has 0 aliphatic heterocycles. The fourth-order valence-corrected chi connectivity index (χ4v) is 1.64. The van der Waals surface area contributed by atoms with E-state index in [2.05, 4.69) is 10.6 Å². The van der Waals surface area contributed by atoms with Gasteiger partial charge in [-0.1, -0.05) is 18.2 Å². The molecule has 0 aliphatic rings. The minimum Gasteiger partial charge on any atom is -0.467 e. The van der Waals surface area contributed by atoms with Gasteiger partial charge < -0.3 is 19.8 Å². The summed E-state index contributed by atoms with van der Waals surface area (Å²) in [6, 6.07) is 12.8. The first-order valence-electron chi connectivity index (χ1n) is 6.54. The molecule has 2 amide bonds. The van der Waals surface area contributed by atoms with Gasteiger partial charge in [-0.2, -0.15) is 0 Å². The fraction of sp³-hybridized carbons (Fsp3) is 0.267. The highest BCUT2D eigenvalue weighted by molar-refractivity contribution is 5.89. The van der Waals surface area contributed by atoms with Crippen molar-refractivity contribution in [2.24, 2.45) is 0 Å². The van der Waals surface area contributed by atoms with Crippen LogP contribution in [0.25, 0.3) is 0 Å². The fourth-order valence-electron chi connectivity index (χ4n) is 1.64. The van der Waals surface area contributed by atoms with Crippen molar-refractivity contribution in [1.29, 1.82) is 0 Å². The number of para-hydroxylation sites is 1. The molecule has 1 aromatic carbocycles. The molecule has 2 aromatic rings. The standard InChI is InChI=1S/C15H18N2O3/c18-15(17-13-6-2-1-3-7-13)16-9-5-10-19-12-14-8-4-11-20-14/h1-4,6-8,11H,5,9-10,12H2,(H2,16,17,18). The van der Waals surface area contributed by atoms with Gasteiger partial charge in [0.1, 0.15) is 12.4 Å². The molecular formula is C15H18N2O3. The number of carbonyl (C=O) groups is 1. The van der Waals surface area contributed by atoms with E-state index in [-0.39, 0.29) is 6.03 Å². The highest BCUT2D eigenvalue weighted by Crippen LogP contribution is 2.04. The van der Waals surface area contributed by atoms with Gasteiger partial charge in [0.2, 0.25) is 0 Å². The summed E-state index contributed by atoms with van der Waals surface area (Å²) in [6.45, 7) is 1.60. The summed E-state index contributed by atoms with van der Waals surface area (Å²) in [5.74, 6) is 0.805. The Morgan fingerprint density at radius 2 is 2.00 bits per heavy atom. The van der Waals surface area contributed by atoms with Crippen LogP contribution in [0.3, 0.4) is 0 Å². The van der Waals surface area contributed by atoms with Gasteiger partial charge in [-0.15, -0.1) is 0 Å². The maximum Gasteiger partial charge on any atom is 0.319 e. The van der Waals surface area contributed by atoms with Crippen LogP contribution in [0.15, 0.2) is 53.1 Å². The normalized spacial score (nSPS) is 10.2. The zero-order valence-corrected chi connectivity index (χ0v) is 11.2. The molecule has 1 heterocycles. The lowest BCUT2D eigenvalue weighted by molar-refractivity contribution is 0.104. The lowest BCUT2D eigenvalue weighted by Crippen LogP contribution is -2.30. The summed E-state index contributed by atoms with van der Waals surface area (Å²) in [5.41, 5.74) is 0.777. The maximum absolute atomic E-state index is 11.6. The highest BCUT2D eigenvalue weighted by atomic mass is 16.5. The minimum atomic E-state index is -0.206. The van der Waals surface area contributed by atoms with Crippen LogP contribution in [0, 0.1) is 0 Å². The van der Waals surface area contributed by atoms with E-state index in [1.165, 1.54) is 0 Å². The SMILES string of the molecule is O=C(NCCCOCc1ccco1)Nc1ccccc1. The number of nitrogens with one attached hydrogen (secondary N) is 2. The van der Waals surface area contributed by atoms with Crippen LogP contribution < -0.4 is 10.6 Å². The number of amides is 2. The number of ether oxygens (including phenoxy) is 1. The first kappa shape index (κ1) is 14.1. The Morgan fingerprint density at radius 3 is 2.75 bits per heavy atom. The summed E-state index contributed by atoms with van der Waals surface area (Å²) in [7, 11) is 0. The van der Waals surface area contributed by atoms with Crippen LogP contribution in [0.4, 0.5) is 10.5 Å². The van der Waals surface area contributed by atoms with Crippen LogP contribution in [0.5, 0.6) is 0 Å². The molecule has 0 aliphatic carbocycles. The van der Waals surface area contributed by atoms with Crippen LogP contribution in [0.2, 0.25) is 0 Å². The zero-order chi connectivity index (χ0) is 14.0. The third-order valence-corrected chi connectivity index (χ3v) is 2.61. The van der Waals surface area contributed by atoms with E-state index >= 15 is 0 Å². The predicted molar refractivity (Wildman–Crippen MR) is 76.4 cm³/mol. The van der Waals surface area contributed by atoms with Crippen molar-refractivity contribution < 1.29 is 13.9 Å². The molecule has 0 atom stereocenters. The van der Waals surface area contributed by atoms with Crippen molar-refractivity contribution in [2.45, 2.75) is 13.0 Å². The lowest BCUT2D eigenvalue weighted by Gasteiger charge is -2.07. The van der Waals surface area contributed by atoms with Gasteiger partial charge in [0.05, 0.1) is 6.26 Å². The lowest BCUT2D eigenvalue weighted by atomic mass is 10.3. The maximum atomic E-state index is 11.6. The number of benzene rings is 1. The molecule has 0 bridgehead atoms. The first-order valence-corrected chi connectivity index (χ1v) is 6.54. The Hall–Kier alpha value is -2.27. The average Bonchev–Trinajstić information content (AvgIpc) is 2.97. The Balaban J connectivity index is 1.51. The second kappa shape index (κ2) is 8.01. The van der Waals surface area contributed by atoms with Gasteiger partial charge in [0.15, 0.2) is 0 Å². The number of furan rings is 1. The molecule has 0 radical (unpaired) electrons. The third-order valence-electron chi connectivity index (χ3n) is 2.61. The van der Waals surface area contributed by atoms with Crippen molar-refractivity contribution in [3.63, 3.8) is 0 Å². The van der Waals surface area contributed by atoms with Crippen molar-refractivity contribution in [3.8, 4) is 0 Å². The number of carbonyl (C=O) groups excluding carboxylic acids is 1. The Kier molecular flexibility index (Phi) is 5.67. The number of rotatable bonds is 7. The molecular weight excluding hydrogens is 256 g/mol. The summed E-state index contributed by atoms with van der Waals surface area (Å²) in [6.07, 6.45) is 2.37. The van der Waals surface area contributed by atoms with Gasteiger partial charge in [-0.25, -0.2) is 4.79 Å². The summed E-state index contributed by atoms with van der Waals surface area (Å²) in [5, 5.41) is 5.52. The second-order valence-electron chi connectivity index (χ2n) is 4.23. The van der Waals surface area contributed by atoms with E-state index in [0.29, 0.717) is 19.8 Å². The minimum absolute atomic E-state index is 0.206. The number of urea groups is 1. The molecule has 1 aromatic heterocycles. The van der Waals surface area contributed by atoms with E-state index in [1.54, 1.807) is 6.26 Å². The Bertz CT molecular complexity index is 497. The molecule has 2 rings (SSSR count). The third kappa shape index (κ3) is 5.16. The number of hydrogen-bond donors (Lipinski definition) is 2. The summed E-state index contributed by atoms with van der Waals surface area (Å²) in [4.78, 5) is 11.6. The molecule has 0 spiro atoms. The summed E-state index contributed by atoms with van der Waals surface area (Å²) >= 11 is 0. The monoisotopic (exact) mass is 274 g/mol.